The van der Waals surface area contributed by atoms with Crippen molar-refractivity contribution in [3.8, 4) is 5.75 Å². The Labute approximate surface area is 416 Å². The molecule has 1 heterocycles. The summed E-state index contributed by atoms with van der Waals surface area (Å²) in [6.45, 7) is 20.3. The quantitative estimate of drug-likeness (QED) is 0.0878. The van der Waals surface area contributed by atoms with Gasteiger partial charge in [-0.3, -0.25) is 28.6 Å². The van der Waals surface area contributed by atoms with Crippen LogP contribution in [0.4, 0.5) is 4.79 Å². The third-order valence-electron chi connectivity index (χ3n) is 13.5. The van der Waals surface area contributed by atoms with E-state index >= 15 is 0 Å². The predicted octanol–water partition coefficient (Wildman–Crippen LogP) is 6.06. The molecule has 0 radical (unpaired) electrons. The molecule has 2 aromatic carbocycles. The maximum atomic E-state index is 14.6. The maximum Gasteiger partial charge on any atom is 0.446 e. The Morgan fingerprint density at radius 3 is 2.03 bits per heavy atom. The molecule has 70 heavy (non-hydrogen) atoms. The van der Waals surface area contributed by atoms with Crippen LogP contribution in [0, 0.1) is 23.7 Å². The van der Waals surface area contributed by atoms with E-state index in [4.69, 9.17) is 18.4 Å². The van der Waals surface area contributed by atoms with Crippen molar-refractivity contribution in [3.63, 3.8) is 0 Å². The Kier molecular flexibility index (Phi) is 22.1. The first-order valence-corrected chi connectivity index (χ1v) is 25.6. The Morgan fingerprint density at radius 1 is 0.871 bits per heavy atom. The van der Waals surface area contributed by atoms with Crippen molar-refractivity contribution in [2.24, 2.45) is 23.7 Å². The second-order valence-corrected chi connectivity index (χ2v) is 21.4. The van der Waals surface area contributed by atoms with Crippen LogP contribution in [-0.4, -0.2) is 140 Å². The fraction of sp³-hybridized carbons (Fsp3) is 0.667. The molecule has 394 valence electrons. The van der Waals surface area contributed by atoms with Crippen LogP contribution < -0.4 is 14.8 Å². The van der Waals surface area contributed by atoms with E-state index in [1.165, 1.54) is 38.3 Å². The number of aliphatic hydroxyl groups is 1. The number of hydrogen-bond donors (Lipinski definition) is 4. The fourth-order valence-electron chi connectivity index (χ4n) is 9.38. The Balaban J connectivity index is 1.77. The number of carbonyl (C=O) groups is 5. The lowest BCUT2D eigenvalue weighted by atomic mass is 9.85. The summed E-state index contributed by atoms with van der Waals surface area (Å²) in [5, 5.41) is 16.8. The fourth-order valence-corrected chi connectivity index (χ4v) is 9.75. The minimum Gasteiger partial charge on any atom is -0.445 e. The van der Waals surface area contributed by atoms with E-state index in [0.717, 1.165) is 0 Å². The van der Waals surface area contributed by atoms with Crippen LogP contribution in [0.5, 0.6) is 5.75 Å². The third kappa shape index (κ3) is 15.8. The average molecular weight is 1000 g/mol. The van der Waals surface area contributed by atoms with Crippen LogP contribution in [0.2, 0.25) is 0 Å². The summed E-state index contributed by atoms with van der Waals surface area (Å²) >= 11 is 0. The number of aliphatic hydroxyl groups excluding tert-OH is 1. The van der Waals surface area contributed by atoms with Crippen molar-refractivity contribution in [1.29, 1.82) is 0 Å². The number of benzene rings is 2. The Morgan fingerprint density at radius 2 is 1.50 bits per heavy atom. The van der Waals surface area contributed by atoms with Crippen LogP contribution in [0.15, 0.2) is 48.5 Å². The zero-order valence-electron chi connectivity index (χ0n) is 43.9. The van der Waals surface area contributed by atoms with E-state index < -0.39 is 100.0 Å². The zero-order valence-corrected chi connectivity index (χ0v) is 44.7. The highest BCUT2D eigenvalue weighted by Crippen LogP contribution is 2.34. The second-order valence-electron chi connectivity index (χ2n) is 20.4. The van der Waals surface area contributed by atoms with Crippen LogP contribution >= 0.6 is 0 Å². The maximum absolute atomic E-state index is 14.6. The summed E-state index contributed by atoms with van der Waals surface area (Å²) in [7, 11) is 1.31. The first-order valence-electron chi connectivity index (χ1n) is 24.2. The van der Waals surface area contributed by atoms with E-state index in [0.29, 0.717) is 42.5 Å². The zero-order chi connectivity index (χ0) is 53.0. The SMILES string of the molecule is CC[C@H](C)[C@@H]([C@@H](CC(=O)N1CCC[C@H]1[C@H](OC)[C@@H](C)C(=O)N[C@H](C)[C@@H](O)c1ccccc1)OC)N(C)C(=O)[C@@H](NC(=O)C(C(C)C)N(C)C(=O)OCc1ccc(OS(=O)(=O)O)c(C(C)(C)C)c1)C(C)C. The summed E-state index contributed by atoms with van der Waals surface area (Å²) in [4.78, 5) is 74.8. The van der Waals surface area contributed by atoms with Gasteiger partial charge in [-0.2, -0.15) is 8.42 Å². The number of nitrogens with one attached hydrogen (secondary N) is 2. The van der Waals surface area contributed by atoms with Gasteiger partial charge in [0.1, 0.15) is 24.4 Å². The summed E-state index contributed by atoms with van der Waals surface area (Å²) in [5.41, 5.74) is 1.00. The standard InChI is InChI=1S/C51H81N5O13S/c1-16-32(6)44(40(66-14)28-41(57)56-26-20-23-38(56)46(67-15)33(7)47(59)52-34(8)45(58)36-21-18-17-19-22-36)54(12)49(61)42(30(2)3)53-48(60)43(31(4)5)55(13)50(62)68-29-35-24-25-39(69-70(63,64)65)37(27-35)51(9,10)11/h17-19,21-22,24-25,27,30-34,38,40,42-46,58H,16,20,23,26,28-29H2,1-15H3,(H,52,59)(H,53,60)(H,63,64,65)/t32-,33+,34+,38-,40+,42-,43?,44-,45+,46+/m0/s1. The highest BCUT2D eigenvalue weighted by molar-refractivity contribution is 7.81. The lowest BCUT2D eigenvalue weighted by Gasteiger charge is -2.41. The minimum absolute atomic E-state index is 0.0714. The number of rotatable bonds is 24. The largest absolute Gasteiger partial charge is 0.446 e. The summed E-state index contributed by atoms with van der Waals surface area (Å²) in [5.74, 6) is -3.22. The molecule has 1 saturated heterocycles. The van der Waals surface area contributed by atoms with Gasteiger partial charge in [0.25, 0.3) is 0 Å². The highest BCUT2D eigenvalue weighted by atomic mass is 32.3. The van der Waals surface area contributed by atoms with Gasteiger partial charge in [-0.1, -0.05) is 112 Å². The molecule has 0 bridgehead atoms. The molecule has 0 aromatic heterocycles. The van der Waals surface area contributed by atoms with E-state index in [9.17, 15) is 42.0 Å². The number of methoxy groups -OCH3 is 2. The normalized spacial score (nSPS) is 18.2. The van der Waals surface area contributed by atoms with Gasteiger partial charge in [-0.25, -0.2) is 4.79 Å². The molecule has 2 aromatic rings. The smallest absolute Gasteiger partial charge is 0.445 e. The number of ether oxygens (including phenoxy) is 3. The number of likely N-dealkylation sites (tertiary alicyclic amines) is 1. The third-order valence-corrected chi connectivity index (χ3v) is 13.9. The molecule has 10 atom stereocenters. The Bertz CT molecular complexity index is 2170. The van der Waals surface area contributed by atoms with Crippen molar-refractivity contribution in [3.05, 3.63) is 65.2 Å². The van der Waals surface area contributed by atoms with Crippen molar-refractivity contribution in [2.75, 3.05) is 34.9 Å². The van der Waals surface area contributed by atoms with Gasteiger partial charge in [0.05, 0.1) is 48.8 Å². The molecule has 19 heteroatoms. The number of amides is 5. The number of likely N-dealkylation sites (N-methyl/N-ethyl adjacent to an activating group) is 2. The van der Waals surface area contributed by atoms with Gasteiger partial charge in [0.15, 0.2) is 0 Å². The summed E-state index contributed by atoms with van der Waals surface area (Å²) in [6, 6.07) is 9.85. The molecule has 1 fully saturated rings. The van der Waals surface area contributed by atoms with Crippen LogP contribution in [0.3, 0.4) is 0 Å². The molecule has 1 aliphatic rings. The van der Waals surface area contributed by atoms with Crippen LogP contribution in [0.1, 0.15) is 125 Å². The molecule has 18 nitrogen and oxygen atoms in total. The first-order chi connectivity index (χ1) is 32.6. The summed E-state index contributed by atoms with van der Waals surface area (Å²) in [6.07, 6.45) is -1.26. The van der Waals surface area contributed by atoms with Crippen molar-refractivity contribution in [1.82, 2.24) is 25.3 Å². The van der Waals surface area contributed by atoms with Crippen LogP contribution in [0.25, 0.3) is 0 Å². The molecular weight excluding hydrogens is 923 g/mol. The van der Waals surface area contributed by atoms with Crippen molar-refractivity contribution in [2.45, 2.75) is 162 Å². The molecule has 4 N–H and O–H groups in total. The van der Waals surface area contributed by atoms with Crippen molar-refractivity contribution < 1.29 is 60.4 Å². The van der Waals surface area contributed by atoms with Gasteiger partial charge in [-0.05, 0) is 66.2 Å². The van der Waals surface area contributed by atoms with Gasteiger partial charge in [0.2, 0.25) is 23.6 Å². The second kappa shape index (κ2) is 26.0. The summed E-state index contributed by atoms with van der Waals surface area (Å²) < 4.78 is 54.6. The number of hydrogen-bond acceptors (Lipinski definition) is 12. The van der Waals surface area contributed by atoms with E-state index in [2.05, 4.69) is 10.6 Å². The number of nitrogens with zero attached hydrogens (tertiary/aromatic N) is 3. The minimum atomic E-state index is -4.79. The number of carbonyl (C=O) groups excluding carboxylic acids is 5. The predicted molar refractivity (Wildman–Crippen MR) is 266 cm³/mol. The molecule has 1 aliphatic heterocycles. The topological polar surface area (TPSA) is 231 Å². The molecule has 0 aliphatic carbocycles. The lowest BCUT2D eigenvalue weighted by Crippen LogP contribution is -2.60. The molecule has 1 unspecified atom stereocenters. The van der Waals surface area contributed by atoms with Gasteiger partial charge < -0.3 is 43.9 Å². The van der Waals surface area contributed by atoms with Crippen molar-refractivity contribution >= 4 is 40.1 Å². The first kappa shape index (κ1) is 59.5. The van der Waals surface area contributed by atoms with Gasteiger partial charge in [0, 0.05) is 40.4 Å². The Hall–Kier alpha value is -4.82. The molecular formula is C51H81N5O13S. The molecule has 0 saturated carbocycles. The van der Waals surface area contributed by atoms with E-state index in [-0.39, 0.29) is 36.5 Å². The monoisotopic (exact) mass is 1000 g/mol. The lowest BCUT2D eigenvalue weighted by molar-refractivity contribution is -0.148. The van der Waals surface area contributed by atoms with Crippen LogP contribution in [-0.2, 0) is 55.8 Å². The van der Waals surface area contributed by atoms with E-state index in [1.54, 1.807) is 76.6 Å². The molecule has 5 amide bonds. The van der Waals surface area contributed by atoms with Gasteiger partial charge in [-0.15, -0.1) is 0 Å². The van der Waals surface area contributed by atoms with Gasteiger partial charge >= 0.3 is 16.5 Å². The molecule has 3 rings (SSSR count). The van der Waals surface area contributed by atoms with E-state index in [1.807, 2.05) is 52.8 Å². The average Bonchev–Trinajstić information content (AvgIpc) is 3.78. The molecule has 0 spiro atoms. The highest BCUT2D eigenvalue weighted by Gasteiger charge is 2.44.